The van der Waals surface area contributed by atoms with E-state index in [2.05, 4.69) is 12.0 Å². The SMILES string of the molecule is C#CC[N+](C)(C)CC#N.[Br-]. The van der Waals surface area contributed by atoms with Gasteiger partial charge in [0.1, 0.15) is 12.6 Å². The smallest absolute Gasteiger partial charge is 0.166 e. The fourth-order valence-corrected chi connectivity index (χ4v) is 0.494. The van der Waals surface area contributed by atoms with Gasteiger partial charge in [-0.15, -0.1) is 6.42 Å². The Morgan fingerprint density at radius 1 is 1.40 bits per heavy atom. The van der Waals surface area contributed by atoms with Crippen molar-refractivity contribution in [2.45, 2.75) is 0 Å². The third-order valence-corrected chi connectivity index (χ3v) is 1.02. The Labute approximate surface area is 72.8 Å². The topological polar surface area (TPSA) is 23.8 Å². The largest absolute Gasteiger partial charge is 1.00 e. The van der Waals surface area contributed by atoms with Crippen LogP contribution in [0.15, 0.2) is 0 Å². The Balaban J connectivity index is 0. The molecule has 0 saturated carbocycles. The van der Waals surface area contributed by atoms with Gasteiger partial charge in [-0.05, 0) is 5.92 Å². The van der Waals surface area contributed by atoms with Crippen molar-refractivity contribution in [2.75, 3.05) is 27.2 Å². The molecule has 10 heavy (non-hydrogen) atoms. The van der Waals surface area contributed by atoms with Crippen LogP contribution in [-0.2, 0) is 0 Å². The Morgan fingerprint density at radius 2 is 1.90 bits per heavy atom. The highest BCUT2D eigenvalue weighted by molar-refractivity contribution is 4.84. The summed E-state index contributed by atoms with van der Waals surface area (Å²) in [5, 5.41) is 8.29. The van der Waals surface area contributed by atoms with Crippen LogP contribution in [0, 0.1) is 23.7 Å². The third-order valence-electron chi connectivity index (χ3n) is 1.02. The zero-order valence-corrected chi connectivity index (χ0v) is 7.85. The molecule has 0 spiro atoms. The van der Waals surface area contributed by atoms with Crippen molar-refractivity contribution in [1.82, 2.24) is 0 Å². The first kappa shape index (κ1) is 12.2. The Bertz CT molecular complexity index is 143. The van der Waals surface area contributed by atoms with Crippen LogP contribution in [-0.4, -0.2) is 31.7 Å². The Kier molecular flexibility index (Phi) is 6.45. The first-order chi connectivity index (χ1) is 4.12. The maximum Gasteiger partial charge on any atom is 0.166 e. The summed E-state index contributed by atoms with van der Waals surface area (Å²) < 4.78 is 0.590. The van der Waals surface area contributed by atoms with Crippen molar-refractivity contribution in [3.63, 3.8) is 0 Å². The van der Waals surface area contributed by atoms with Gasteiger partial charge in [-0.2, -0.15) is 5.26 Å². The van der Waals surface area contributed by atoms with Crippen molar-refractivity contribution in [2.24, 2.45) is 0 Å². The molecule has 0 aliphatic heterocycles. The second kappa shape index (κ2) is 5.29. The molecule has 0 radical (unpaired) electrons. The number of halogens is 1. The van der Waals surface area contributed by atoms with Crippen LogP contribution in [0.1, 0.15) is 0 Å². The molecule has 0 heterocycles. The van der Waals surface area contributed by atoms with E-state index >= 15 is 0 Å². The molecule has 3 heteroatoms. The van der Waals surface area contributed by atoms with E-state index in [0.717, 1.165) is 0 Å². The van der Waals surface area contributed by atoms with E-state index in [0.29, 0.717) is 17.6 Å². The summed E-state index contributed by atoms with van der Waals surface area (Å²) in [7, 11) is 3.87. The minimum Gasteiger partial charge on any atom is -1.00 e. The molecule has 2 nitrogen and oxygen atoms in total. The fraction of sp³-hybridized carbons (Fsp3) is 0.571. The van der Waals surface area contributed by atoms with Crippen LogP contribution in [0.5, 0.6) is 0 Å². The number of hydrogen-bond donors (Lipinski definition) is 0. The highest BCUT2D eigenvalue weighted by atomic mass is 79.9. The normalized spacial score (nSPS) is 8.80. The van der Waals surface area contributed by atoms with Crippen LogP contribution in [0.25, 0.3) is 0 Å². The summed E-state index contributed by atoms with van der Waals surface area (Å²) in [4.78, 5) is 0. The lowest BCUT2D eigenvalue weighted by atomic mass is 10.4. The predicted octanol–water partition coefficient (Wildman–Crippen LogP) is -2.78. The molecule has 0 fully saturated rings. The van der Waals surface area contributed by atoms with E-state index in [4.69, 9.17) is 11.7 Å². The number of terminal acetylenes is 1. The van der Waals surface area contributed by atoms with Gasteiger partial charge in [-0.25, -0.2) is 0 Å². The van der Waals surface area contributed by atoms with Crippen molar-refractivity contribution >= 4 is 0 Å². The number of rotatable bonds is 2. The van der Waals surface area contributed by atoms with Gasteiger partial charge in [0.05, 0.1) is 14.1 Å². The molecule has 0 bridgehead atoms. The van der Waals surface area contributed by atoms with Gasteiger partial charge in [-0.3, -0.25) is 0 Å². The molecule has 0 saturated heterocycles. The highest BCUT2D eigenvalue weighted by Gasteiger charge is 2.10. The molecule has 0 aliphatic carbocycles. The first-order valence-corrected chi connectivity index (χ1v) is 2.75. The lowest BCUT2D eigenvalue weighted by Gasteiger charge is -2.23. The van der Waals surface area contributed by atoms with E-state index in [1.54, 1.807) is 0 Å². The van der Waals surface area contributed by atoms with E-state index in [-0.39, 0.29) is 17.0 Å². The van der Waals surface area contributed by atoms with Gasteiger partial charge in [0.15, 0.2) is 6.54 Å². The van der Waals surface area contributed by atoms with Crippen LogP contribution in [0.3, 0.4) is 0 Å². The van der Waals surface area contributed by atoms with Crippen molar-refractivity contribution in [1.29, 1.82) is 5.26 Å². The summed E-state index contributed by atoms with van der Waals surface area (Å²) in [5.41, 5.74) is 0. The first-order valence-electron chi connectivity index (χ1n) is 2.75. The fourth-order valence-electron chi connectivity index (χ4n) is 0.494. The molecule has 56 valence electrons. The monoisotopic (exact) mass is 202 g/mol. The summed E-state index contributed by atoms with van der Waals surface area (Å²) in [6.07, 6.45) is 5.07. The number of nitrogens with zero attached hydrogens (tertiary/aromatic N) is 2. The summed E-state index contributed by atoms with van der Waals surface area (Å²) in [5.74, 6) is 2.51. The molecular formula is C7H11BrN2. The average Bonchev–Trinajstić information content (AvgIpc) is 1.64. The zero-order chi connectivity index (χ0) is 7.33. The Morgan fingerprint density at radius 3 is 2.20 bits per heavy atom. The molecule has 0 aromatic carbocycles. The Hall–Kier alpha value is -0.510. The molecule has 0 amide bonds. The average molecular weight is 203 g/mol. The summed E-state index contributed by atoms with van der Waals surface area (Å²) >= 11 is 0. The second-order valence-electron chi connectivity index (χ2n) is 2.61. The molecule has 0 atom stereocenters. The van der Waals surface area contributed by atoms with Gasteiger partial charge in [0.2, 0.25) is 0 Å². The van der Waals surface area contributed by atoms with Gasteiger partial charge in [0.25, 0.3) is 0 Å². The standard InChI is InChI=1S/C7H11N2.BrH/c1-4-6-9(2,3)7-5-8;/h1H,6-7H2,2-3H3;1H/q+1;/p-1. The van der Waals surface area contributed by atoms with Crippen LogP contribution in [0.4, 0.5) is 0 Å². The molecule has 0 unspecified atom stereocenters. The van der Waals surface area contributed by atoms with Crippen molar-refractivity contribution < 1.29 is 21.5 Å². The minimum absolute atomic E-state index is 0. The molecular weight excluding hydrogens is 192 g/mol. The van der Waals surface area contributed by atoms with Gasteiger partial charge in [-0.1, -0.05) is 0 Å². The van der Waals surface area contributed by atoms with Crippen LogP contribution in [0.2, 0.25) is 0 Å². The minimum atomic E-state index is 0. The molecule has 0 aromatic rings. The van der Waals surface area contributed by atoms with Crippen LogP contribution >= 0.6 is 0 Å². The summed E-state index contributed by atoms with van der Waals surface area (Å²) in [6.45, 7) is 1.09. The van der Waals surface area contributed by atoms with E-state index < -0.39 is 0 Å². The van der Waals surface area contributed by atoms with E-state index in [1.807, 2.05) is 14.1 Å². The molecule has 0 aromatic heterocycles. The molecule has 0 aliphatic rings. The second-order valence-corrected chi connectivity index (χ2v) is 2.61. The van der Waals surface area contributed by atoms with Gasteiger partial charge < -0.3 is 21.5 Å². The number of hydrogen-bond acceptors (Lipinski definition) is 1. The van der Waals surface area contributed by atoms with E-state index in [9.17, 15) is 0 Å². The maximum absolute atomic E-state index is 8.29. The maximum atomic E-state index is 8.29. The zero-order valence-electron chi connectivity index (χ0n) is 6.26. The van der Waals surface area contributed by atoms with Gasteiger partial charge in [0, 0.05) is 0 Å². The lowest BCUT2D eigenvalue weighted by Crippen LogP contribution is -3.00. The van der Waals surface area contributed by atoms with E-state index in [1.165, 1.54) is 0 Å². The third kappa shape index (κ3) is 5.62. The van der Waals surface area contributed by atoms with Crippen molar-refractivity contribution in [3.05, 3.63) is 0 Å². The number of quaternary nitrogens is 1. The highest BCUT2D eigenvalue weighted by Crippen LogP contribution is 1.91. The molecule has 0 rings (SSSR count). The number of nitriles is 1. The summed E-state index contributed by atoms with van der Waals surface area (Å²) in [6, 6.07) is 2.07. The lowest BCUT2D eigenvalue weighted by molar-refractivity contribution is -0.876. The quantitative estimate of drug-likeness (QED) is 0.270. The predicted molar refractivity (Wildman–Crippen MR) is 36.3 cm³/mol. The van der Waals surface area contributed by atoms with Crippen molar-refractivity contribution in [3.8, 4) is 18.4 Å². The molecule has 0 N–H and O–H groups in total. The van der Waals surface area contributed by atoms with Crippen LogP contribution < -0.4 is 17.0 Å². The van der Waals surface area contributed by atoms with Gasteiger partial charge >= 0.3 is 0 Å².